The third kappa shape index (κ3) is 3.20. The number of fused-ring (bicyclic) bond motifs is 1. The van der Waals surface area contributed by atoms with Crippen molar-refractivity contribution >= 4 is 0 Å². The molecule has 4 nitrogen and oxygen atoms in total. The van der Waals surface area contributed by atoms with Gasteiger partial charge < -0.3 is 14.2 Å². The largest absolute Gasteiger partial charge is 0.497 e. The second kappa shape index (κ2) is 7.14. The molecule has 0 fully saturated rings. The Morgan fingerprint density at radius 2 is 1.62 bits per heavy atom. The fraction of sp³-hybridized carbons (Fsp3) is 0.400. The van der Waals surface area contributed by atoms with E-state index in [0.717, 1.165) is 36.6 Å². The van der Waals surface area contributed by atoms with Crippen molar-refractivity contribution < 1.29 is 14.2 Å². The topological polar surface area (TPSA) is 30.9 Å². The van der Waals surface area contributed by atoms with E-state index in [4.69, 9.17) is 14.2 Å². The van der Waals surface area contributed by atoms with Gasteiger partial charge in [0, 0.05) is 12.6 Å². The smallest absolute Gasteiger partial charge is 0.161 e. The molecule has 0 spiro atoms. The summed E-state index contributed by atoms with van der Waals surface area (Å²) >= 11 is 0. The highest BCUT2D eigenvalue weighted by Crippen LogP contribution is 2.38. The minimum Gasteiger partial charge on any atom is -0.497 e. The molecule has 0 N–H and O–H groups in total. The number of methoxy groups -OCH3 is 3. The summed E-state index contributed by atoms with van der Waals surface area (Å²) in [4.78, 5) is 2.42. The molecular formula is C20H25NO3. The lowest BCUT2D eigenvalue weighted by atomic mass is 9.88. The lowest BCUT2D eigenvalue weighted by Gasteiger charge is -2.35. The van der Waals surface area contributed by atoms with Crippen molar-refractivity contribution in [3.05, 3.63) is 53.1 Å². The Morgan fingerprint density at radius 1 is 0.958 bits per heavy atom. The molecule has 1 aliphatic heterocycles. The SMILES string of the molecule is COc1ccc(C[C@@H]2c3cc(OC)c(OC)cc3CCN2C)cc1. The van der Waals surface area contributed by atoms with Gasteiger partial charge in [-0.2, -0.15) is 0 Å². The number of likely N-dealkylation sites (N-methyl/N-ethyl adjacent to an activating group) is 1. The van der Waals surface area contributed by atoms with E-state index in [-0.39, 0.29) is 0 Å². The zero-order valence-corrected chi connectivity index (χ0v) is 14.8. The van der Waals surface area contributed by atoms with Crippen LogP contribution in [0, 0.1) is 0 Å². The van der Waals surface area contributed by atoms with Crippen LogP contribution in [0.25, 0.3) is 0 Å². The first-order chi connectivity index (χ1) is 11.7. The zero-order chi connectivity index (χ0) is 17.1. The van der Waals surface area contributed by atoms with Gasteiger partial charge in [-0.05, 0) is 60.8 Å². The average molecular weight is 327 g/mol. The molecule has 1 heterocycles. The van der Waals surface area contributed by atoms with Gasteiger partial charge in [0.05, 0.1) is 21.3 Å². The van der Waals surface area contributed by atoms with Crippen LogP contribution in [0.5, 0.6) is 17.2 Å². The fourth-order valence-corrected chi connectivity index (χ4v) is 3.40. The van der Waals surface area contributed by atoms with Gasteiger partial charge >= 0.3 is 0 Å². The van der Waals surface area contributed by atoms with Crippen molar-refractivity contribution in [2.45, 2.75) is 18.9 Å². The van der Waals surface area contributed by atoms with E-state index >= 15 is 0 Å². The first kappa shape index (κ1) is 16.7. The molecule has 1 aliphatic rings. The van der Waals surface area contributed by atoms with Crippen molar-refractivity contribution in [3.8, 4) is 17.2 Å². The first-order valence-corrected chi connectivity index (χ1v) is 8.24. The highest BCUT2D eigenvalue weighted by Gasteiger charge is 2.27. The molecule has 0 unspecified atom stereocenters. The van der Waals surface area contributed by atoms with Crippen LogP contribution in [0.2, 0.25) is 0 Å². The summed E-state index contributed by atoms with van der Waals surface area (Å²) in [6.45, 7) is 1.04. The molecule has 0 amide bonds. The standard InChI is InChI=1S/C20H25NO3/c1-21-10-9-15-12-19(23-3)20(24-4)13-17(15)18(21)11-14-5-7-16(22-2)8-6-14/h5-8,12-13,18H,9-11H2,1-4H3/t18-/m1/s1. The molecule has 0 radical (unpaired) electrons. The molecule has 0 aromatic heterocycles. The molecule has 2 aromatic carbocycles. The van der Waals surface area contributed by atoms with Crippen LogP contribution < -0.4 is 14.2 Å². The third-order valence-electron chi connectivity index (χ3n) is 4.86. The Labute approximate surface area is 144 Å². The Morgan fingerprint density at radius 3 is 2.25 bits per heavy atom. The van der Waals surface area contributed by atoms with E-state index in [1.54, 1.807) is 21.3 Å². The van der Waals surface area contributed by atoms with Crippen molar-refractivity contribution in [3.63, 3.8) is 0 Å². The summed E-state index contributed by atoms with van der Waals surface area (Å²) in [6.07, 6.45) is 1.99. The minimum atomic E-state index is 0.335. The van der Waals surface area contributed by atoms with Crippen LogP contribution in [-0.2, 0) is 12.8 Å². The van der Waals surface area contributed by atoms with Crippen LogP contribution in [-0.4, -0.2) is 39.8 Å². The molecule has 24 heavy (non-hydrogen) atoms. The molecular weight excluding hydrogens is 302 g/mol. The maximum atomic E-state index is 5.51. The lowest BCUT2D eigenvalue weighted by molar-refractivity contribution is 0.228. The number of hydrogen-bond acceptors (Lipinski definition) is 4. The molecule has 0 aliphatic carbocycles. The summed E-state index contributed by atoms with van der Waals surface area (Å²) in [5, 5.41) is 0. The van der Waals surface area contributed by atoms with Gasteiger partial charge in [0.1, 0.15) is 5.75 Å². The molecule has 4 heteroatoms. The van der Waals surface area contributed by atoms with E-state index in [0.29, 0.717) is 6.04 Å². The zero-order valence-electron chi connectivity index (χ0n) is 14.8. The van der Waals surface area contributed by atoms with Crippen LogP contribution in [0.1, 0.15) is 22.7 Å². The minimum absolute atomic E-state index is 0.335. The van der Waals surface area contributed by atoms with Gasteiger partial charge in [-0.25, -0.2) is 0 Å². The summed E-state index contributed by atoms with van der Waals surface area (Å²) in [5.74, 6) is 2.50. The van der Waals surface area contributed by atoms with E-state index in [2.05, 4.69) is 36.2 Å². The van der Waals surface area contributed by atoms with Crippen LogP contribution in [0.4, 0.5) is 0 Å². The van der Waals surface area contributed by atoms with E-state index < -0.39 is 0 Å². The molecule has 0 bridgehead atoms. The third-order valence-corrected chi connectivity index (χ3v) is 4.86. The Balaban J connectivity index is 1.93. The van der Waals surface area contributed by atoms with Crippen molar-refractivity contribution in [1.29, 1.82) is 0 Å². The molecule has 128 valence electrons. The molecule has 1 atom stereocenters. The van der Waals surface area contributed by atoms with Crippen molar-refractivity contribution in [2.75, 3.05) is 34.9 Å². The monoisotopic (exact) mass is 327 g/mol. The lowest BCUT2D eigenvalue weighted by Crippen LogP contribution is -2.33. The van der Waals surface area contributed by atoms with Crippen LogP contribution in [0.15, 0.2) is 36.4 Å². The predicted molar refractivity (Wildman–Crippen MR) is 95.3 cm³/mol. The van der Waals surface area contributed by atoms with Gasteiger partial charge in [0.15, 0.2) is 11.5 Å². The molecule has 0 saturated carbocycles. The van der Waals surface area contributed by atoms with Gasteiger partial charge in [-0.3, -0.25) is 4.90 Å². The molecule has 2 aromatic rings. The van der Waals surface area contributed by atoms with Crippen molar-refractivity contribution in [1.82, 2.24) is 4.90 Å². The maximum absolute atomic E-state index is 5.51. The van der Waals surface area contributed by atoms with Gasteiger partial charge in [0.25, 0.3) is 0 Å². The first-order valence-electron chi connectivity index (χ1n) is 8.24. The number of hydrogen-bond donors (Lipinski definition) is 0. The van der Waals surface area contributed by atoms with Crippen LogP contribution >= 0.6 is 0 Å². The quantitative estimate of drug-likeness (QED) is 0.841. The van der Waals surface area contributed by atoms with E-state index in [9.17, 15) is 0 Å². The van der Waals surface area contributed by atoms with Crippen LogP contribution in [0.3, 0.4) is 0 Å². The van der Waals surface area contributed by atoms with E-state index in [1.165, 1.54) is 16.7 Å². The number of nitrogens with zero attached hydrogens (tertiary/aromatic N) is 1. The molecule has 0 saturated heterocycles. The maximum Gasteiger partial charge on any atom is 0.161 e. The highest BCUT2D eigenvalue weighted by molar-refractivity contribution is 5.49. The summed E-state index contributed by atoms with van der Waals surface area (Å²) < 4.78 is 16.2. The van der Waals surface area contributed by atoms with E-state index in [1.807, 2.05) is 12.1 Å². The molecule has 3 rings (SSSR count). The second-order valence-electron chi connectivity index (χ2n) is 6.20. The summed E-state index contributed by atoms with van der Waals surface area (Å²) in [7, 11) is 7.26. The Hall–Kier alpha value is -2.20. The number of ether oxygens (including phenoxy) is 3. The van der Waals surface area contributed by atoms with Crippen molar-refractivity contribution in [2.24, 2.45) is 0 Å². The van der Waals surface area contributed by atoms with Gasteiger partial charge in [0.2, 0.25) is 0 Å². The Kier molecular flexibility index (Phi) is 4.95. The average Bonchev–Trinajstić information content (AvgIpc) is 2.63. The summed E-state index contributed by atoms with van der Waals surface area (Å²) in [5.41, 5.74) is 3.98. The predicted octanol–water partition coefficient (Wildman–Crippen LogP) is 3.48. The fourth-order valence-electron chi connectivity index (χ4n) is 3.40. The van der Waals surface area contributed by atoms with Gasteiger partial charge in [-0.15, -0.1) is 0 Å². The number of benzene rings is 2. The normalized spacial score (nSPS) is 17.2. The Bertz CT molecular complexity index is 697. The second-order valence-corrected chi connectivity index (χ2v) is 6.20. The number of rotatable bonds is 5. The highest BCUT2D eigenvalue weighted by atomic mass is 16.5. The van der Waals surface area contributed by atoms with Gasteiger partial charge in [-0.1, -0.05) is 12.1 Å². The summed E-state index contributed by atoms with van der Waals surface area (Å²) in [6, 6.07) is 12.9.